The Bertz CT molecular complexity index is 1160. The first kappa shape index (κ1) is 36.7. The maximum atomic E-state index is 14.1. The minimum atomic E-state index is -1.47. The first-order chi connectivity index (χ1) is 21.0. The van der Waals surface area contributed by atoms with Gasteiger partial charge in [0.1, 0.15) is 30.6 Å². The fourth-order valence-electron chi connectivity index (χ4n) is 7.48. The van der Waals surface area contributed by atoms with E-state index in [0.29, 0.717) is 12.8 Å². The molecule has 0 radical (unpaired) electrons. The molecule has 0 aromatic heterocycles. The summed E-state index contributed by atoms with van der Waals surface area (Å²) in [5, 5.41) is 14.7. The molecule has 0 bridgehead atoms. The summed E-state index contributed by atoms with van der Waals surface area (Å²) in [5.41, 5.74) is 7.50. The number of Topliss-reactive ketones (excluding diaryl/α,β-unsaturated/α-hetero) is 2. The van der Waals surface area contributed by atoms with Gasteiger partial charge in [-0.05, 0) is 65.6 Å². The van der Waals surface area contributed by atoms with Crippen molar-refractivity contribution in [3.05, 3.63) is 10.4 Å². The molecule has 9 unspecified atom stereocenters. The number of hydrogen-bond donors (Lipinski definition) is 1. The van der Waals surface area contributed by atoms with E-state index in [1.54, 1.807) is 34.6 Å². The molecule has 3 rings (SSSR count). The molecule has 3 aliphatic rings. The number of likely N-dealkylation sites (N-methyl/N-ethyl adjacent to an activating group) is 1. The number of hydrogen-bond acceptors (Lipinski definition) is 11. The minimum absolute atomic E-state index is 0.179. The number of carbonyl (C=O) groups is 4. The first-order valence-corrected chi connectivity index (χ1v) is 15.9. The maximum absolute atomic E-state index is 14.1. The lowest BCUT2D eigenvalue weighted by Crippen LogP contribution is -2.58. The van der Waals surface area contributed by atoms with Gasteiger partial charge in [-0.3, -0.25) is 19.3 Å². The molecule has 3 saturated heterocycles. The third kappa shape index (κ3) is 7.46. The third-order valence-electron chi connectivity index (χ3n) is 10.00. The van der Waals surface area contributed by atoms with E-state index in [1.807, 2.05) is 32.8 Å². The average Bonchev–Trinajstić information content (AvgIpc) is 3.25. The van der Waals surface area contributed by atoms with Crippen molar-refractivity contribution >= 4 is 23.6 Å². The second-order valence-electron chi connectivity index (χ2n) is 13.6. The average molecular weight is 638 g/mol. The smallest absolute Gasteiger partial charge is 0.411 e. The zero-order valence-corrected chi connectivity index (χ0v) is 28.2. The number of ether oxygens (including phenoxy) is 4. The van der Waals surface area contributed by atoms with Crippen LogP contribution in [0.3, 0.4) is 0 Å². The molecule has 0 aliphatic carbocycles. The Hall–Kier alpha value is -2.77. The quantitative estimate of drug-likeness (QED) is 0.148. The van der Waals surface area contributed by atoms with Crippen molar-refractivity contribution in [2.45, 2.75) is 123 Å². The molecule has 45 heavy (non-hydrogen) atoms. The van der Waals surface area contributed by atoms with Crippen LogP contribution >= 0.6 is 0 Å². The number of aliphatic hydroxyl groups excluding tert-OH is 1. The summed E-state index contributed by atoms with van der Waals surface area (Å²) in [4.78, 5) is 60.4. The predicted octanol–water partition coefficient (Wildman–Crippen LogP) is 3.69. The van der Waals surface area contributed by atoms with Gasteiger partial charge in [0.25, 0.3) is 0 Å². The van der Waals surface area contributed by atoms with Crippen LogP contribution in [-0.2, 0) is 33.3 Å². The maximum Gasteiger partial charge on any atom is 0.411 e. The number of fused-ring (bicyclic) bond motifs is 1. The number of rotatable bonds is 6. The molecule has 1 amide bonds. The SMILES string of the molecule is CCC1OC(=O)C(C)C(=O)C(C)[C@@H](OC2OC(C)CC(N(C)C)C2O)C(C)C[C@@H](C)C(=O)[C@H](C)C2N(CN=[N+]=[N-])C(=O)O[C@]12C. The summed E-state index contributed by atoms with van der Waals surface area (Å²) < 4.78 is 24.2. The van der Waals surface area contributed by atoms with Gasteiger partial charge in [0, 0.05) is 28.7 Å². The fraction of sp³-hybridized carbons (Fsp3) is 0.871. The Morgan fingerprint density at radius 1 is 1.07 bits per heavy atom. The Balaban J connectivity index is 2.06. The van der Waals surface area contributed by atoms with Gasteiger partial charge in [-0.1, -0.05) is 39.7 Å². The molecule has 14 nitrogen and oxygen atoms in total. The molecule has 3 fully saturated rings. The molecule has 3 aliphatic heterocycles. The molecule has 0 aromatic rings. The fourth-order valence-corrected chi connectivity index (χ4v) is 7.48. The normalized spacial score (nSPS) is 42.0. The van der Waals surface area contributed by atoms with Gasteiger partial charge in [-0.25, -0.2) is 4.79 Å². The van der Waals surface area contributed by atoms with Crippen LogP contribution in [0.2, 0.25) is 0 Å². The van der Waals surface area contributed by atoms with Gasteiger partial charge >= 0.3 is 12.1 Å². The van der Waals surface area contributed by atoms with Crippen LogP contribution < -0.4 is 0 Å². The van der Waals surface area contributed by atoms with Gasteiger partial charge in [-0.2, -0.15) is 0 Å². The number of carbonyl (C=O) groups excluding carboxylic acids is 4. The molecule has 3 heterocycles. The topological polar surface area (TPSA) is 181 Å². The standard InChI is InChI=1S/C31H51N5O9/c1-11-22-31(8)27(36(14-33-34-32)30(41)45-31)19(6)23(37)15(2)12-16(3)26(18(5)24(38)20(7)28(40)43-22)44-29-25(39)21(35(9)10)13-17(4)42-29/h15-22,25-27,29,39H,11-14H2,1-10H3/t15-,16?,17?,18?,19+,20?,21?,22?,25?,26+,27?,29?,31-/m1/s1. The monoisotopic (exact) mass is 637 g/mol. The van der Waals surface area contributed by atoms with E-state index in [9.17, 15) is 24.3 Å². The molecule has 0 saturated carbocycles. The molecular formula is C31H51N5O9. The van der Waals surface area contributed by atoms with E-state index in [1.165, 1.54) is 11.8 Å². The van der Waals surface area contributed by atoms with Crippen LogP contribution in [0.15, 0.2) is 5.11 Å². The van der Waals surface area contributed by atoms with E-state index in [2.05, 4.69) is 10.0 Å². The van der Waals surface area contributed by atoms with Crippen LogP contribution in [0, 0.1) is 29.6 Å². The number of esters is 1. The molecular weight excluding hydrogens is 586 g/mol. The molecule has 13 atom stereocenters. The van der Waals surface area contributed by atoms with E-state index in [4.69, 9.17) is 24.5 Å². The summed E-state index contributed by atoms with van der Waals surface area (Å²) in [5.74, 6) is -5.13. The Morgan fingerprint density at radius 2 is 1.71 bits per heavy atom. The Kier molecular flexibility index (Phi) is 12.0. The highest BCUT2D eigenvalue weighted by Gasteiger charge is 2.59. The Morgan fingerprint density at radius 3 is 2.29 bits per heavy atom. The number of cyclic esters (lactones) is 1. The van der Waals surface area contributed by atoms with Crippen molar-refractivity contribution < 1.29 is 43.2 Å². The number of azide groups is 1. The number of nitrogens with zero attached hydrogens (tertiary/aromatic N) is 5. The highest BCUT2D eigenvalue weighted by Crippen LogP contribution is 2.42. The van der Waals surface area contributed by atoms with Crippen LogP contribution in [0.4, 0.5) is 4.79 Å². The molecule has 1 N–H and O–H groups in total. The van der Waals surface area contributed by atoms with Crippen LogP contribution in [0.1, 0.15) is 74.7 Å². The largest absolute Gasteiger partial charge is 0.458 e. The van der Waals surface area contributed by atoms with E-state index >= 15 is 0 Å². The second-order valence-corrected chi connectivity index (χ2v) is 13.6. The van der Waals surface area contributed by atoms with Gasteiger partial charge in [-0.15, -0.1) is 0 Å². The van der Waals surface area contributed by atoms with Crippen molar-refractivity contribution in [1.82, 2.24) is 9.80 Å². The van der Waals surface area contributed by atoms with Crippen molar-refractivity contribution in [2.75, 3.05) is 20.8 Å². The van der Waals surface area contributed by atoms with Gasteiger partial charge < -0.3 is 29.0 Å². The lowest BCUT2D eigenvalue weighted by molar-refractivity contribution is -0.278. The van der Waals surface area contributed by atoms with Gasteiger partial charge in [0.05, 0.1) is 18.2 Å². The Labute approximate surface area is 265 Å². The molecule has 0 spiro atoms. The van der Waals surface area contributed by atoms with Crippen LogP contribution in [-0.4, -0.2) is 108 Å². The number of aliphatic hydroxyl groups is 1. The molecule has 0 aromatic carbocycles. The molecule has 254 valence electrons. The van der Waals surface area contributed by atoms with E-state index in [-0.39, 0.29) is 36.9 Å². The highest BCUT2D eigenvalue weighted by molar-refractivity contribution is 6.00. The summed E-state index contributed by atoms with van der Waals surface area (Å²) in [7, 11) is 3.73. The molecule has 14 heteroatoms. The predicted molar refractivity (Wildman–Crippen MR) is 162 cm³/mol. The van der Waals surface area contributed by atoms with Gasteiger partial charge in [0.2, 0.25) is 0 Å². The first-order valence-electron chi connectivity index (χ1n) is 15.9. The summed E-state index contributed by atoms with van der Waals surface area (Å²) >= 11 is 0. The zero-order chi connectivity index (χ0) is 34.0. The minimum Gasteiger partial charge on any atom is -0.458 e. The summed E-state index contributed by atoms with van der Waals surface area (Å²) in [6.45, 7) is 13.4. The number of ketones is 2. The third-order valence-corrected chi connectivity index (χ3v) is 10.00. The number of amides is 1. The lowest BCUT2D eigenvalue weighted by Gasteiger charge is -2.44. The van der Waals surface area contributed by atoms with Crippen LogP contribution in [0.5, 0.6) is 0 Å². The highest BCUT2D eigenvalue weighted by atomic mass is 16.7. The van der Waals surface area contributed by atoms with Crippen molar-refractivity contribution in [3.63, 3.8) is 0 Å². The second kappa shape index (κ2) is 14.8. The summed E-state index contributed by atoms with van der Waals surface area (Å²) in [6, 6.07) is -1.16. The van der Waals surface area contributed by atoms with Crippen molar-refractivity contribution in [1.29, 1.82) is 0 Å². The van der Waals surface area contributed by atoms with Crippen LogP contribution in [0.25, 0.3) is 10.4 Å². The van der Waals surface area contributed by atoms with E-state index in [0.717, 1.165) is 0 Å². The van der Waals surface area contributed by atoms with E-state index < -0.39 is 77.8 Å². The van der Waals surface area contributed by atoms with Crippen molar-refractivity contribution in [3.8, 4) is 0 Å². The van der Waals surface area contributed by atoms with Crippen molar-refractivity contribution in [2.24, 2.45) is 34.7 Å². The summed E-state index contributed by atoms with van der Waals surface area (Å²) in [6.07, 6.45) is -3.72. The van der Waals surface area contributed by atoms with Gasteiger partial charge in [0.15, 0.2) is 17.7 Å². The zero-order valence-electron chi connectivity index (χ0n) is 28.2. The lowest BCUT2D eigenvalue weighted by atomic mass is 9.74.